The summed E-state index contributed by atoms with van der Waals surface area (Å²) in [6, 6.07) is -0.0481. The summed E-state index contributed by atoms with van der Waals surface area (Å²) in [5.41, 5.74) is 0. The van der Waals surface area contributed by atoms with E-state index in [0.29, 0.717) is 0 Å². The molecular formula is C12H22N2O5. The van der Waals surface area contributed by atoms with Crippen LogP contribution in [0, 0.1) is 0 Å². The van der Waals surface area contributed by atoms with Crippen molar-refractivity contribution in [3.8, 4) is 0 Å². The van der Waals surface area contributed by atoms with E-state index in [1.54, 1.807) is 4.90 Å². The molecule has 0 aromatic heterocycles. The van der Waals surface area contributed by atoms with Gasteiger partial charge in [0.25, 0.3) is 0 Å². The van der Waals surface area contributed by atoms with Gasteiger partial charge in [0.2, 0.25) is 5.91 Å². The molecule has 7 nitrogen and oxygen atoms in total. The Kier molecular flexibility index (Phi) is 7.06. The monoisotopic (exact) mass is 274 g/mol. The Morgan fingerprint density at radius 2 is 1.21 bits per heavy atom. The Balaban J connectivity index is 4.76. The minimum absolute atomic E-state index is 0.0241. The predicted octanol–water partition coefficient (Wildman–Crippen LogP) is 0.103. The van der Waals surface area contributed by atoms with Crippen molar-refractivity contribution in [2.75, 3.05) is 19.6 Å². The molecule has 0 heterocycles. The number of amides is 1. The Labute approximate surface area is 112 Å². The summed E-state index contributed by atoms with van der Waals surface area (Å²) in [7, 11) is 0. The van der Waals surface area contributed by atoms with Crippen LogP contribution in [0.3, 0.4) is 0 Å². The molecule has 0 rings (SSSR count). The smallest absolute Gasteiger partial charge is 0.317 e. The minimum Gasteiger partial charge on any atom is -0.480 e. The first-order chi connectivity index (χ1) is 8.65. The van der Waals surface area contributed by atoms with E-state index < -0.39 is 25.0 Å². The summed E-state index contributed by atoms with van der Waals surface area (Å²) in [6.45, 7) is 6.28. The zero-order chi connectivity index (χ0) is 15.2. The standard InChI is InChI=1S/C12H22N2O5/c1-8(2)14(9(3)4)10(15)5-13(6-11(16)17)7-12(18)19/h8-9H,5-7H2,1-4H3,(H,16,17)(H,18,19). The van der Waals surface area contributed by atoms with Gasteiger partial charge in [0.1, 0.15) is 0 Å². The lowest BCUT2D eigenvalue weighted by Gasteiger charge is -2.32. The van der Waals surface area contributed by atoms with Crippen molar-refractivity contribution in [2.24, 2.45) is 0 Å². The SMILES string of the molecule is CC(C)N(C(=O)CN(CC(=O)O)CC(=O)O)C(C)C. The molecule has 0 unspecified atom stereocenters. The van der Waals surface area contributed by atoms with E-state index in [1.807, 2.05) is 27.7 Å². The average molecular weight is 274 g/mol. The van der Waals surface area contributed by atoms with Crippen LogP contribution in [0.25, 0.3) is 0 Å². The van der Waals surface area contributed by atoms with Gasteiger partial charge in [0, 0.05) is 12.1 Å². The first kappa shape index (κ1) is 17.4. The number of rotatable bonds is 8. The first-order valence-corrected chi connectivity index (χ1v) is 6.12. The second-order valence-corrected chi connectivity index (χ2v) is 4.92. The molecule has 0 aliphatic heterocycles. The molecule has 0 saturated heterocycles. The highest BCUT2D eigenvalue weighted by Crippen LogP contribution is 2.06. The van der Waals surface area contributed by atoms with Gasteiger partial charge in [0.15, 0.2) is 0 Å². The summed E-state index contributed by atoms with van der Waals surface area (Å²) in [6.07, 6.45) is 0. The van der Waals surface area contributed by atoms with Crippen LogP contribution in [0.15, 0.2) is 0 Å². The molecule has 0 fully saturated rings. The van der Waals surface area contributed by atoms with E-state index in [0.717, 1.165) is 4.90 Å². The van der Waals surface area contributed by atoms with Crippen LogP contribution >= 0.6 is 0 Å². The maximum atomic E-state index is 12.1. The van der Waals surface area contributed by atoms with E-state index in [9.17, 15) is 14.4 Å². The highest BCUT2D eigenvalue weighted by atomic mass is 16.4. The normalized spacial score (nSPS) is 11.1. The number of hydrogen-bond donors (Lipinski definition) is 2. The van der Waals surface area contributed by atoms with Gasteiger partial charge in [-0.2, -0.15) is 0 Å². The summed E-state index contributed by atoms with van der Waals surface area (Å²) >= 11 is 0. The predicted molar refractivity (Wildman–Crippen MR) is 68.8 cm³/mol. The fourth-order valence-corrected chi connectivity index (χ4v) is 2.00. The number of carboxylic acid groups (broad SMARTS) is 2. The highest BCUT2D eigenvalue weighted by molar-refractivity contribution is 5.81. The molecule has 0 radical (unpaired) electrons. The minimum atomic E-state index is -1.16. The van der Waals surface area contributed by atoms with E-state index in [2.05, 4.69) is 0 Å². The van der Waals surface area contributed by atoms with Crippen molar-refractivity contribution in [1.29, 1.82) is 0 Å². The molecule has 1 amide bonds. The zero-order valence-electron chi connectivity index (χ0n) is 11.8. The maximum Gasteiger partial charge on any atom is 0.317 e. The van der Waals surface area contributed by atoms with E-state index in [1.165, 1.54) is 0 Å². The van der Waals surface area contributed by atoms with Gasteiger partial charge >= 0.3 is 11.9 Å². The van der Waals surface area contributed by atoms with Crippen LogP contribution in [-0.4, -0.2) is 69.6 Å². The van der Waals surface area contributed by atoms with Crippen molar-refractivity contribution >= 4 is 17.8 Å². The number of nitrogens with zero attached hydrogens (tertiary/aromatic N) is 2. The lowest BCUT2D eigenvalue weighted by atomic mass is 10.2. The van der Waals surface area contributed by atoms with Gasteiger partial charge in [-0.3, -0.25) is 19.3 Å². The van der Waals surface area contributed by atoms with Gasteiger partial charge in [-0.25, -0.2) is 0 Å². The van der Waals surface area contributed by atoms with Crippen LogP contribution in [0.4, 0.5) is 0 Å². The van der Waals surface area contributed by atoms with Crippen LogP contribution in [0.5, 0.6) is 0 Å². The summed E-state index contributed by atoms with van der Waals surface area (Å²) in [5.74, 6) is -2.59. The molecular weight excluding hydrogens is 252 g/mol. The van der Waals surface area contributed by atoms with Crippen molar-refractivity contribution in [2.45, 2.75) is 39.8 Å². The van der Waals surface area contributed by atoms with Gasteiger partial charge < -0.3 is 15.1 Å². The molecule has 7 heteroatoms. The number of hydrogen-bond acceptors (Lipinski definition) is 4. The van der Waals surface area contributed by atoms with Crippen LogP contribution in [0.2, 0.25) is 0 Å². The summed E-state index contributed by atoms with van der Waals surface area (Å²) in [5, 5.41) is 17.4. The van der Waals surface area contributed by atoms with Gasteiger partial charge in [-0.05, 0) is 27.7 Å². The Bertz CT molecular complexity index is 317. The van der Waals surface area contributed by atoms with Crippen LogP contribution in [0.1, 0.15) is 27.7 Å². The van der Waals surface area contributed by atoms with E-state index in [-0.39, 0.29) is 24.5 Å². The molecule has 0 aliphatic carbocycles. The molecule has 19 heavy (non-hydrogen) atoms. The topological polar surface area (TPSA) is 98.2 Å². The third-order valence-electron chi connectivity index (χ3n) is 2.48. The molecule has 0 saturated carbocycles. The number of aliphatic carboxylic acids is 2. The van der Waals surface area contributed by atoms with E-state index >= 15 is 0 Å². The van der Waals surface area contributed by atoms with Crippen molar-refractivity contribution in [3.63, 3.8) is 0 Å². The van der Waals surface area contributed by atoms with E-state index in [4.69, 9.17) is 10.2 Å². The molecule has 2 N–H and O–H groups in total. The Hall–Kier alpha value is -1.63. The van der Waals surface area contributed by atoms with Crippen LogP contribution in [-0.2, 0) is 14.4 Å². The zero-order valence-corrected chi connectivity index (χ0v) is 11.8. The van der Waals surface area contributed by atoms with Gasteiger partial charge in [0.05, 0.1) is 19.6 Å². The second kappa shape index (κ2) is 7.73. The maximum absolute atomic E-state index is 12.1. The molecule has 0 aliphatic rings. The third-order valence-corrected chi connectivity index (χ3v) is 2.48. The first-order valence-electron chi connectivity index (χ1n) is 6.12. The fraction of sp³-hybridized carbons (Fsp3) is 0.750. The lowest BCUT2D eigenvalue weighted by Crippen LogP contribution is -2.48. The lowest BCUT2D eigenvalue weighted by molar-refractivity contribution is -0.144. The van der Waals surface area contributed by atoms with Gasteiger partial charge in [-0.15, -0.1) is 0 Å². The molecule has 0 atom stereocenters. The summed E-state index contributed by atoms with van der Waals surface area (Å²) in [4.78, 5) is 36.1. The van der Waals surface area contributed by atoms with Gasteiger partial charge in [-0.1, -0.05) is 0 Å². The molecule has 0 bridgehead atoms. The molecule has 0 aromatic rings. The second-order valence-electron chi connectivity index (χ2n) is 4.92. The number of carboxylic acids is 2. The van der Waals surface area contributed by atoms with Crippen molar-refractivity contribution < 1.29 is 24.6 Å². The molecule has 0 spiro atoms. The van der Waals surface area contributed by atoms with Crippen molar-refractivity contribution in [1.82, 2.24) is 9.80 Å². The average Bonchev–Trinajstić information content (AvgIpc) is 2.12. The largest absolute Gasteiger partial charge is 0.480 e. The Morgan fingerprint density at radius 1 is 0.842 bits per heavy atom. The number of carbonyl (C=O) groups is 3. The number of carbonyl (C=O) groups excluding carboxylic acids is 1. The fourth-order valence-electron chi connectivity index (χ4n) is 2.00. The summed E-state index contributed by atoms with van der Waals surface area (Å²) < 4.78 is 0. The Morgan fingerprint density at radius 3 is 1.47 bits per heavy atom. The van der Waals surface area contributed by atoms with Crippen molar-refractivity contribution in [3.05, 3.63) is 0 Å². The van der Waals surface area contributed by atoms with Crippen LogP contribution < -0.4 is 0 Å². The highest BCUT2D eigenvalue weighted by Gasteiger charge is 2.24. The quantitative estimate of drug-likeness (QED) is 0.651. The molecule has 110 valence electrons. The third kappa shape index (κ3) is 6.76. The molecule has 0 aromatic carbocycles.